The van der Waals surface area contributed by atoms with Crippen LogP contribution >= 0.6 is 11.3 Å². The Labute approximate surface area is 151 Å². The molecule has 0 unspecified atom stereocenters. The van der Waals surface area contributed by atoms with Crippen molar-refractivity contribution >= 4 is 11.3 Å². The molecule has 5 nitrogen and oxygen atoms in total. The van der Waals surface area contributed by atoms with Gasteiger partial charge in [-0.1, -0.05) is 6.07 Å². The minimum Gasteiger partial charge on any atom is -0.370 e. The molecule has 1 aliphatic rings. The number of aromatic nitrogens is 3. The monoisotopic (exact) mass is 354 g/mol. The first-order valence-corrected chi connectivity index (χ1v) is 9.43. The van der Waals surface area contributed by atoms with Crippen molar-refractivity contribution in [1.29, 1.82) is 0 Å². The summed E-state index contributed by atoms with van der Waals surface area (Å²) in [4.78, 5) is 7.09. The fourth-order valence-corrected chi connectivity index (χ4v) is 3.99. The highest BCUT2D eigenvalue weighted by Gasteiger charge is 2.24. The summed E-state index contributed by atoms with van der Waals surface area (Å²) in [7, 11) is 0. The van der Waals surface area contributed by atoms with Gasteiger partial charge in [-0.2, -0.15) is 5.10 Å². The van der Waals surface area contributed by atoms with Crippen LogP contribution in [0.1, 0.15) is 32.8 Å². The van der Waals surface area contributed by atoms with E-state index in [4.69, 9.17) is 9.84 Å². The van der Waals surface area contributed by atoms with Gasteiger partial charge in [0.15, 0.2) is 0 Å². The van der Waals surface area contributed by atoms with Gasteiger partial charge in [0.05, 0.1) is 24.5 Å². The lowest BCUT2D eigenvalue weighted by Gasteiger charge is -2.22. The zero-order valence-corrected chi connectivity index (χ0v) is 15.1. The molecule has 0 spiro atoms. The zero-order valence-electron chi connectivity index (χ0n) is 14.3. The van der Waals surface area contributed by atoms with Crippen LogP contribution in [0.4, 0.5) is 0 Å². The lowest BCUT2D eigenvalue weighted by Crippen LogP contribution is -2.27. The standard InChI is InChI=1S/C19H22N4OS/c1-14-5-6-17(25-14)10-20-11-18-19-15(7-9-24-18)12-23(22-19)13-16-4-2-3-8-21-16/h2-6,8,12,18,20H,7,9-11,13H2,1H3/t18-/m1/s1. The van der Waals surface area contributed by atoms with Crippen LogP contribution in [0.3, 0.4) is 0 Å². The summed E-state index contributed by atoms with van der Waals surface area (Å²) in [6.07, 6.45) is 4.91. The molecule has 0 radical (unpaired) electrons. The minimum absolute atomic E-state index is 0.0230. The second-order valence-electron chi connectivity index (χ2n) is 6.31. The molecule has 130 valence electrons. The van der Waals surface area contributed by atoms with E-state index in [1.165, 1.54) is 15.3 Å². The van der Waals surface area contributed by atoms with E-state index in [0.717, 1.165) is 37.5 Å². The van der Waals surface area contributed by atoms with Crippen LogP contribution in [0.15, 0.2) is 42.7 Å². The first kappa shape index (κ1) is 16.4. The maximum absolute atomic E-state index is 5.96. The topological polar surface area (TPSA) is 52.0 Å². The van der Waals surface area contributed by atoms with Gasteiger partial charge in [-0.25, -0.2) is 0 Å². The molecule has 25 heavy (non-hydrogen) atoms. The summed E-state index contributed by atoms with van der Waals surface area (Å²) in [5.41, 5.74) is 3.38. The number of rotatable bonds is 6. The lowest BCUT2D eigenvalue weighted by molar-refractivity contribution is 0.0393. The zero-order chi connectivity index (χ0) is 17.1. The molecule has 4 rings (SSSR count). The molecule has 4 heterocycles. The largest absolute Gasteiger partial charge is 0.370 e. The summed E-state index contributed by atoms with van der Waals surface area (Å²) in [5.74, 6) is 0. The number of hydrogen-bond acceptors (Lipinski definition) is 5. The Balaban J connectivity index is 1.40. The number of pyridine rings is 1. The van der Waals surface area contributed by atoms with E-state index in [2.05, 4.69) is 35.6 Å². The van der Waals surface area contributed by atoms with Crippen molar-refractivity contribution in [3.8, 4) is 0 Å². The number of aryl methyl sites for hydroxylation is 1. The van der Waals surface area contributed by atoms with E-state index < -0.39 is 0 Å². The number of hydrogen-bond donors (Lipinski definition) is 1. The van der Waals surface area contributed by atoms with Crippen molar-refractivity contribution < 1.29 is 4.74 Å². The molecule has 1 atom stereocenters. The van der Waals surface area contributed by atoms with Crippen molar-refractivity contribution in [2.45, 2.75) is 32.5 Å². The van der Waals surface area contributed by atoms with Gasteiger partial charge in [-0.15, -0.1) is 11.3 Å². The molecule has 0 aliphatic carbocycles. The smallest absolute Gasteiger partial charge is 0.114 e. The second-order valence-corrected chi connectivity index (χ2v) is 7.68. The Morgan fingerprint density at radius 1 is 1.32 bits per heavy atom. The van der Waals surface area contributed by atoms with Gasteiger partial charge in [0, 0.05) is 35.2 Å². The second kappa shape index (κ2) is 7.47. The molecule has 1 aliphatic heterocycles. The summed E-state index contributed by atoms with van der Waals surface area (Å²) in [6, 6.07) is 10.3. The summed E-state index contributed by atoms with van der Waals surface area (Å²) in [6.45, 7) is 5.25. The predicted molar refractivity (Wildman–Crippen MR) is 98.7 cm³/mol. The maximum atomic E-state index is 5.96. The molecule has 0 aromatic carbocycles. The summed E-state index contributed by atoms with van der Waals surface area (Å²) in [5, 5.41) is 8.28. The molecule has 0 fully saturated rings. The summed E-state index contributed by atoms with van der Waals surface area (Å²) < 4.78 is 7.94. The van der Waals surface area contributed by atoms with Crippen molar-refractivity contribution in [2.24, 2.45) is 0 Å². The van der Waals surface area contributed by atoms with Crippen molar-refractivity contribution in [2.75, 3.05) is 13.2 Å². The molecule has 6 heteroatoms. The van der Waals surface area contributed by atoms with E-state index in [0.29, 0.717) is 6.54 Å². The SMILES string of the molecule is Cc1ccc(CNC[C@H]2OCCc3cn(Cc4ccccn4)nc32)s1. The Morgan fingerprint density at radius 3 is 3.08 bits per heavy atom. The quantitative estimate of drug-likeness (QED) is 0.739. The third kappa shape index (κ3) is 3.98. The maximum Gasteiger partial charge on any atom is 0.114 e. The van der Waals surface area contributed by atoms with Crippen LogP contribution in [-0.2, 0) is 24.2 Å². The Bertz CT molecular complexity index is 827. The van der Waals surface area contributed by atoms with E-state index in [1.807, 2.05) is 40.4 Å². The number of fused-ring (bicyclic) bond motifs is 1. The first-order chi connectivity index (χ1) is 12.3. The molecular formula is C19H22N4OS. The first-order valence-electron chi connectivity index (χ1n) is 8.62. The van der Waals surface area contributed by atoms with E-state index in [1.54, 1.807) is 0 Å². The van der Waals surface area contributed by atoms with Crippen molar-refractivity contribution in [3.63, 3.8) is 0 Å². The van der Waals surface area contributed by atoms with Crippen LogP contribution in [0.2, 0.25) is 0 Å². The molecule has 0 saturated carbocycles. The van der Waals surface area contributed by atoms with E-state index in [9.17, 15) is 0 Å². The van der Waals surface area contributed by atoms with Gasteiger partial charge < -0.3 is 10.1 Å². The Kier molecular flexibility index (Phi) is 4.92. The number of ether oxygens (including phenoxy) is 1. The highest BCUT2D eigenvalue weighted by atomic mass is 32.1. The molecule has 0 bridgehead atoms. The number of thiophene rings is 1. The van der Waals surface area contributed by atoms with Gasteiger partial charge in [0.25, 0.3) is 0 Å². The molecule has 3 aromatic rings. The van der Waals surface area contributed by atoms with Crippen LogP contribution in [0.25, 0.3) is 0 Å². The molecule has 0 amide bonds. The van der Waals surface area contributed by atoms with Crippen LogP contribution in [0.5, 0.6) is 0 Å². The summed E-state index contributed by atoms with van der Waals surface area (Å²) >= 11 is 1.84. The van der Waals surface area contributed by atoms with Crippen molar-refractivity contribution in [3.05, 3.63) is 69.4 Å². The minimum atomic E-state index is 0.0230. The van der Waals surface area contributed by atoms with Crippen LogP contribution in [0, 0.1) is 6.92 Å². The average molecular weight is 354 g/mol. The molecule has 3 aromatic heterocycles. The Hall–Kier alpha value is -2.02. The third-order valence-corrected chi connectivity index (χ3v) is 5.34. The molecular weight excluding hydrogens is 332 g/mol. The number of nitrogens with zero attached hydrogens (tertiary/aromatic N) is 3. The van der Waals surface area contributed by atoms with Crippen molar-refractivity contribution in [1.82, 2.24) is 20.1 Å². The van der Waals surface area contributed by atoms with Crippen LogP contribution < -0.4 is 5.32 Å². The molecule has 1 N–H and O–H groups in total. The average Bonchev–Trinajstić information content (AvgIpc) is 3.22. The van der Waals surface area contributed by atoms with Gasteiger partial charge in [0.2, 0.25) is 0 Å². The van der Waals surface area contributed by atoms with E-state index >= 15 is 0 Å². The van der Waals surface area contributed by atoms with E-state index in [-0.39, 0.29) is 6.10 Å². The highest BCUT2D eigenvalue weighted by Crippen LogP contribution is 2.25. The van der Waals surface area contributed by atoms with Gasteiger partial charge in [-0.05, 0) is 43.2 Å². The number of nitrogens with one attached hydrogen (secondary N) is 1. The lowest BCUT2D eigenvalue weighted by atomic mass is 10.1. The third-order valence-electron chi connectivity index (χ3n) is 4.34. The van der Waals surface area contributed by atoms with Gasteiger partial charge in [-0.3, -0.25) is 9.67 Å². The fraction of sp³-hybridized carbons (Fsp3) is 0.368. The Morgan fingerprint density at radius 2 is 2.28 bits per heavy atom. The van der Waals surface area contributed by atoms with Gasteiger partial charge >= 0.3 is 0 Å². The van der Waals surface area contributed by atoms with Crippen LogP contribution in [-0.4, -0.2) is 27.9 Å². The highest BCUT2D eigenvalue weighted by molar-refractivity contribution is 7.11. The normalized spacial score (nSPS) is 16.8. The van der Waals surface area contributed by atoms with Gasteiger partial charge in [0.1, 0.15) is 6.10 Å². The fourth-order valence-electron chi connectivity index (χ4n) is 3.13. The predicted octanol–water partition coefficient (Wildman–Crippen LogP) is 3.10. The molecule has 0 saturated heterocycles.